The van der Waals surface area contributed by atoms with E-state index in [1.165, 1.54) is 0 Å². The number of hydrogen-bond acceptors (Lipinski definition) is 7. The van der Waals surface area contributed by atoms with Crippen molar-refractivity contribution in [3.05, 3.63) is 68.3 Å². The van der Waals surface area contributed by atoms with Gasteiger partial charge in [-0.15, -0.1) is 27.8 Å². The molecule has 0 saturated carbocycles. The standard InChI is InChI=1S/C34H36N4O5.Mg/c1-7-19-22(13-39)25-12-26-29(18(6)40)16(4)32(37-26)17(5)31-14(2)20(8-9-28(42)43)33(38-31)21-10-27(41)30-15(3)23(36-34(21)30)11-24(19)35-25;/h10-14,18,20,40H,7-9H2,1-6H3,(H4,35,36,37,38,39,41,42,43);/q;+2/p-4/t14-,18+,20-;/m0./s1. The molecule has 3 atom stereocenters. The van der Waals surface area contributed by atoms with Gasteiger partial charge >= 0.3 is 23.1 Å². The van der Waals surface area contributed by atoms with Crippen molar-refractivity contribution in [1.82, 2.24) is 19.9 Å². The number of carbonyl (C=O) groups excluding carboxylic acids is 2. The Balaban J connectivity index is 0.00000384. The fraction of sp³-hybridized carbons (Fsp3) is 0.353. The summed E-state index contributed by atoms with van der Waals surface area (Å²) in [5.41, 5.74) is 9.91. The van der Waals surface area contributed by atoms with Crippen molar-refractivity contribution in [2.45, 2.75) is 78.7 Å². The zero-order chi connectivity index (χ0) is 30.9. The topological polar surface area (TPSA) is 154 Å². The third kappa shape index (κ3) is 4.80. The summed E-state index contributed by atoms with van der Waals surface area (Å²) in [4.78, 5) is 43.6. The molecule has 44 heavy (non-hydrogen) atoms. The zero-order valence-electron chi connectivity index (χ0n) is 25.7. The summed E-state index contributed by atoms with van der Waals surface area (Å²) < 4.78 is 0. The fourth-order valence-electron chi connectivity index (χ4n) is 7.01. The Morgan fingerprint density at radius 1 is 1.05 bits per heavy atom. The van der Waals surface area contributed by atoms with Crippen molar-refractivity contribution in [3.63, 3.8) is 0 Å². The predicted octanol–water partition coefficient (Wildman–Crippen LogP) is 3.28. The Morgan fingerprint density at radius 3 is 2.36 bits per heavy atom. The van der Waals surface area contributed by atoms with E-state index in [9.17, 15) is 24.9 Å². The first-order valence-electron chi connectivity index (χ1n) is 14.6. The predicted molar refractivity (Wildman–Crippen MR) is 166 cm³/mol. The second-order valence-electron chi connectivity index (χ2n) is 11.7. The normalized spacial score (nSPS) is 17.8. The van der Waals surface area contributed by atoms with Crippen molar-refractivity contribution in [2.24, 2.45) is 0 Å². The van der Waals surface area contributed by atoms with Gasteiger partial charge in [-0.25, -0.2) is 4.98 Å². The van der Waals surface area contributed by atoms with Gasteiger partial charge in [-0.1, -0.05) is 43.2 Å². The Kier molecular flexibility index (Phi) is 8.39. The van der Waals surface area contributed by atoms with E-state index in [2.05, 4.69) is 0 Å². The smallest absolute Gasteiger partial charge is 0.872 e. The molecule has 0 amide bonds. The Labute approximate surface area is 271 Å². The number of allylic oxidation sites excluding steroid dienone is 2. The van der Waals surface area contributed by atoms with Gasteiger partial charge in [-0.3, -0.25) is 9.78 Å². The van der Waals surface area contributed by atoms with Crippen LogP contribution in [0.2, 0.25) is 0 Å². The molecule has 0 fully saturated rings. The van der Waals surface area contributed by atoms with Crippen molar-refractivity contribution >= 4 is 80.4 Å². The van der Waals surface area contributed by atoms with Gasteiger partial charge < -0.3 is 30.1 Å². The van der Waals surface area contributed by atoms with Crippen LogP contribution in [-0.4, -0.2) is 50.4 Å². The molecule has 0 unspecified atom stereocenters. The van der Waals surface area contributed by atoms with Crippen molar-refractivity contribution in [2.75, 3.05) is 0 Å². The first kappa shape index (κ1) is 31.7. The van der Waals surface area contributed by atoms with E-state index in [0.29, 0.717) is 73.4 Å². The van der Waals surface area contributed by atoms with Crippen LogP contribution in [-0.2, 0) is 9.59 Å². The molecule has 9 nitrogen and oxygen atoms in total. The minimum absolute atomic E-state index is 0. The van der Waals surface area contributed by atoms with Crippen molar-refractivity contribution in [1.29, 1.82) is 0 Å². The number of aliphatic hydroxyl groups excluding tert-OH is 1. The van der Waals surface area contributed by atoms with Crippen LogP contribution in [0.1, 0.15) is 114 Å². The third-order valence-corrected chi connectivity index (χ3v) is 9.16. The van der Waals surface area contributed by atoms with Gasteiger partial charge in [-0.2, -0.15) is 0 Å². The second-order valence-corrected chi connectivity index (χ2v) is 11.7. The molecule has 0 spiro atoms. The molecule has 6 rings (SSSR count). The molecule has 1 aliphatic carbocycles. The van der Waals surface area contributed by atoms with Crippen LogP contribution >= 0.6 is 0 Å². The van der Waals surface area contributed by atoms with E-state index in [1.54, 1.807) is 25.1 Å². The summed E-state index contributed by atoms with van der Waals surface area (Å²) in [7, 11) is 0. The molecule has 3 aromatic heterocycles. The van der Waals surface area contributed by atoms with Crippen molar-refractivity contribution < 1.29 is 24.9 Å². The minimum atomic E-state index is -1.14. The van der Waals surface area contributed by atoms with Crippen molar-refractivity contribution in [3.8, 4) is 0 Å². The van der Waals surface area contributed by atoms with E-state index in [1.807, 2.05) is 34.6 Å². The molecule has 10 heteroatoms. The molecule has 5 heterocycles. The van der Waals surface area contributed by atoms with E-state index in [4.69, 9.17) is 19.9 Å². The number of carbonyl (C=O) groups is 2. The van der Waals surface area contributed by atoms with E-state index < -0.39 is 12.1 Å². The number of hydrogen-bond donors (Lipinski definition) is 1. The first-order chi connectivity index (χ1) is 20.5. The number of aromatic nitrogens is 4. The molecular weight excluding hydrogens is 569 g/mol. The van der Waals surface area contributed by atoms with E-state index >= 15 is 0 Å². The SMILES string of the molecule is CCC1=C(C=O)c2cc3[n-]c(c(C)c4nc(c5c6[n-]c(cc1n2)c(C)c6C([O-])=C5)[C@@H](CCC(=O)[O-])[C@@H]4C)c(C)c3[C@@H](C)O.[Mg+2]. The number of carboxylic acid groups (broad SMARTS) is 1. The molecule has 0 aromatic carbocycles. The summed E-state index contributed by atoms with van der Waals surface area (Å²) in [5, 5.41) is 35.7. The van der Waals surface area contributed by atoms with Gasteiger partial charge in [0, 0.05) is 29.1 Å². The second kappa shape index (κ2) is 11.6. The number of carboxylic acids is 1. The molecule has 8 bridgehead atoms. The van der Waals surface area contributed by atoms with Crippen LogP contribution in [0, 0.1) is 20.8 Å². The zero-order valence-corrected chi connectivity index (χ0v) is 27.2. The fourth-order valence-corrected chi connectivity index (χ4v) is 7.01. The van der Waals surface area contributed by atoms with Crippen LogP contribution in [0.15, 0.2) is 12.1 Å². The molecule has 0 radical (unpaired) electrons. The summed E-state index contributed by atoms with van der Waals surface area (Å²) in [6.45, 7) is 11.3. The maximum Gasteiger partial charge on any atom is 2.00 e. The molecule has 3 aromatic rings. The van der Waals surface area contributed by atoms with Crippen LogP contribution in [0.5, 0.6) is 0 Å². The van der Waals surface area contributed by atoms with Crippen LogP contribution in [0.25, 0.3) is 45.0 Å². The number of aliphatic hydroxyl groups is 1. The Hall–Kier alpha value is -3.73. The van der Waals surface area contributed by atoms with Crippen LogP contribution in [0.3, 0.4) is 0 Å². The maximum absolute atomic E-state index is 13.4. The van der Waals surface area contributed by atoms with Crippen LogP contribution in [0.4, 0.5) is 0 Å². The van der Waals surface area contributed by atoms with Gasteiger partial charge in [0.1, 0.15) is 0 Å². The average molecular weight is 601 g/mol. The van der Waals surface area contributed by atoms with E-state index in [0.717, 1.165) is 28.7 Å². The monoisotopic (exact) mass is 600 g/mol. The van der Waals surface area contributed by atoms with E-state index in [-0.39, 0.29) is 53.5 Å². The molecular formula is C34H32MgN4O5-2. The Bertz CT molecular complexity index is 1960. The number of aliphatic carboxylic acids is 1. The van der Waals surface area contributed by atoms with Gasteiger partial charge in [-0.05, 0) is 74.8 Å². The van der Waals surface area contributed by atoms with Gasteiger partial charge in [0.2, 0.25) is 0 Å². The minimum Gasteiger partial charge on any atom is -0.872 e. The molecule has 2 aliphatic heterocycles. The maximum atomic E-state index is 13.4. The summed E-state index contributed by atoms with van der Waals surface area (Å²) in [6.07, 6.45) is 2.21. The number of rotatable bonds is 6. The average Bonchev–Trinajstić information content (AvgIpc) is 3.71. The van der Waals surface area contributed by atoms with Gasteiger partial charge in [0.05, 0.1) is 23.2 Å². The molecule has 0 saturated heterocycles. The quantitative estimate of drug-likeness (QED) is 0.331. The number of fused-ring (bicyclic) bond motifs is 8. The van der Waals surface area contributed by atoms with Crippen LogP contribution < -0.4 is 20.2 Å². The number of nitrogens with zero attached hydrogens (tertiary/aromatic N) is 4. The molecule has 3 aliphatic rings. The summed E-state index contributed by atoms with van der Waals surface area (Å²) >= 11 is 0. The first-order valence-corrected chi connectivity index (χ1v) is 14.6. The van der Waals surface area contributed by atoms with Gasteiger partial charge in [0.25, 0.3) is 0 Å². The Morgan fingerprint density at radius 2 is 1.73 bits per heavy atom. The number of aldehydes is 1. The third-order valence-electron chi connectivity index (χ3n) is 9.16. The molecule has 1 N–H and O–H groups in total. The largest absolute Gasteiger partial charge is 2.00 e. The summed E-state index contributed by atoms with van der Waals surface area (Å²) in [5.74, 6) is -1.79. The molecule has 222 valence electrons. The number of aryl methyl sites for hydroxylation is 3. The summed E-state index contributed by atoms with van der Waals surface area (Å²) in [6, 6.07) is 3.55. The van der Waals surface area contributed by atoms with Gasteiger partial charge in [0.15, 0.2) is 6.29 Å².